The van der Waals surface area contributed by atoms with Crippen molar-refractivity contribution in [3.63, 3.8) is 0 Å². The molecule has 1 heterocycles. The molecular formula is C14H18N2O. The molecule has 1 aromatic heterocycles. The molecule has 0 aliphatic heterocycles. The van der Waals surface area contributed by atoms with E-state index in [1.807, 2.05) is 30.3 Å². The first kappa shape index (κ1) is 11.9. The Bertz CT molecular complexity index is 496. The summed E-state index contributed by atoms with van der Waals surface area (Å²) in [5.41, 5.74) is 6.67. The molecule has 0 spiro atoms. The third kappa shape index (κ3) is 2.74. The normalized spacial score (nSPS) is 12.9. The molecule has 2 aromatic rings. The SMILES string of the molecule is CC(C)C(CN)Oc1cnc2ccccc2c1. The molecule has 1 unspecified atom stereocenters. The van der Waals surface area contributed by atoms with E-state index in [1.165, 1.54) is 0 Å². The molecule has 90 valence electrons. The maximum atomic E-state index is 5.85. The Balaban J connectivity index is 2.24. The van der Waals surface area contributed by atoms with Crippen LogP contribution in [0.15, 0.2) is 36.5 Å². The second kappa shape index (κ2) is 5.15. The second-order valence-corrected chi connectivity index (χ2v) is 4.50. The van der Waals surface area contributed by atoms with Gasteiger partial charge in [-0.15, -0.1) is 0 Å². The molecule has 0 aliphatic carbocycles. The molecule has 3 nitrogen and oxygen atoms in total. The van der Waals surface area contributed by atoms with Crippen molar-refractivity contribution >= 4 is 10.9 Å². The molecule has 0 radical (unpaired) electrons. The zero-order valence-corrected chi connectivity index (χ0v) is 10.3. The molecule has 1 aromatic carbocycles. The van der Waals surface area contributed by atoms with E-state index >= 15 is 0 Å². The summed E-state index contributed by atoms with van der Waals surface area (Å²) < 4.78 is 5.85. The summed E-state index contributed by atoms with van der Waals surface area (Å²) in [5.74, 6) is 1.18. The zero-order valence-electron chi connectivity index (χ0n) is 10.3. The summed E-state index contributed by atoms with van der Waals surface area (Å²) >= 11 is 0. The zero-order chi connectivity index (χ0) is 12.3. The van der Waals surface area contributed by atoms with Gasteiger partial charge in [0.25, 0.3) is 0 Å². The summed E-state index contributed by atoms with van der Waals surface area (Å²) in [6.45, 7) is 4.72. The van der Waals surface area contributed by atoms with Crippen LogP contribution < -0.4 is 10.5 Å². The van der Waals surface area contributed by atoms with E-state index in [0.29, 0.717) is 12.5 Å². The first-order valence-electron chi connectivity index (χ1n) is 5.92. The predicted molar refractivity (Wildman–Crippen MR) is 70.1 cm³/mol. The van der Waals surface area contributed by atoms with E-state index in [0.717, 1.165) is 16.7 Å². The minimum Gasteiger partial charge on any atom is -0.487 e. The van der Waals surface area contributed by atoms with Crippen molar-refractivity contribution in [3.05, 3.63) is 36.5 Å². The predicted octanol–water partition coefficient (Wildman–Crippen LogP) is 2.60. The molecule has 0 saturated carbocycles. The Morgan fingerprint density at radius 1 is 1.29 bits per heavy atom. The van der Waals surface area contributed by atoms with E-state index < -0.39 is 0 Å². The van der Waals surface area contributed by atoms with E-state index in [2.05, 4.69) is 18.8 Å². The first-order chi connectivity index (χ1) is 8.20. The third-order valence-electron chi connectivity index (χ3n) is 2.83. The lowest BCUT2D eigenvalue weighted by atomic mass is 10.1. The lowest BCUT2D eigenvalue weighted by Gasteiger charge is -2.20. The number of nitrogens with zero attached hydrogens (tertiary/aromatic N) is 1. The van der Waals surface area contributed by atoms with Gasteiger partial charge in [-0.05, 0) is 18.1 Å². The van der Waals surface area contributed by atoms with Gasteiger partial charge in [0, 0.05) is 11.9 Å². The Hall–Kier alpha value is -1.61. The van der Waals surface area contributed by atoms with Crippen LogP contribution >= 0.6 is 0 Å². The fourth-order valence-corrected chi connectivity index (χ4v) is 1.75. The van der Waals surface area contributed by atoms with Gasteiger partial charge in [-0.2, -0.15) is 0 Å². The average Bonchev–Trinajstić information content (AvgIpc) is 2.35. The van der Waals surface area contributed by atoms with Gasteiger partial charge in [0.15, 0.2) is 0 Å². The van der Waals surface area contributed by atoms with Gasteiger partial charge in [0.05, 0.1) is 11.7 Å². The molecule has 0 fully saturated rings. The quantitative estimate of drug-likeness (QED) is 0.878. The summed E-state index contributed by atoms with van der Waals surface area (Å²) in [6.07, 6.45) is 1.80. The number of rotatable bonds is 4. The maximum Gasteiger partial charge on any atom is 0.138 e. The van der Waals surface area contributed by atoms with E-state index in [1.54, 1.807) is 6.20 Å². The summed E-state index contributed by atoms with van der Waals surface area (Å²) in [6, 6.07) is 10.0. The largest absolute Gasteiger partial charge is 0.487 e. The average molecular weight is 230 g/mol. The van der Waals surface area contributed by atoms with Crippen LogP contribution in [0.2, 0.25) is 0 Å². The molecule has 0 bridgehead atoms. The minimum atomic E-state index is 0.0398. The highest BCUT2D eigenvalue weighted by molar-refractivity contribution is 5.79. The van der Waals surface area contributed by atoms with Crippen molar-refractivity contribution in [2.75, 3.05) is 6.54 Å². The summed E-state index contributed by atoms with van der Waals surface area (Å²) in [5, 5.41) is 1.09. The number of ether oxygens (including phenoxy) is 1. The number of nitrogens with two attached hydrogens (primary N) is 1. The van der Waals surface area contributed by atoms with Gasteiger partial charge < -0.3 is 10.5 Å². The van der Waals surface area contributed by atoms with Gasteiger partial charge in [0.2, 0.25) is 0 Å². The van der Waals surface area contributed by atoms with Crippen molar-refractivity contribution < 1.29 is 4.74 Å². The summed E-state index contributed by atoms with van der Waals surface area (Å²) in [7, 11) is 0. The Kier molecular flexibility index (Phi) is 3.59. The molecule has 2 rings (SSSR count). The van der Waals surface area contributed by atoms with Crippen LogP contribution in [0.4, 0.5) is 0 Å². The third-order valence-corrected chi connectivity index (χ3v) is 2.83. The van der Waals surface area contributed by atoms with Gasteiger partial charge in [-0.1, -0.05) is 32.0 Å². The Morgan fingerprint density at radius 2 is 2.06 bits per heavy atom. The number of fused-ring (bicyclic) bond motifs is 1. The first-order valence-corrected chi connectivity index (χ1v) is 5.92. The van der Waals surface area contributed by atoms with Crippen LogP contribution in [0.1, 0.15) is 13.8 Å². The number of aromatic nitrogens is 1. The highest BCUT2D eigenvalue weighted by Crippen LogP contribution is 2.20. The van der Waals surface area contributed by atoms with Gasteiger partial charge >= 0.3 is 0 Å². The van der Waals surface area contributed by atoms with Crippen LogP contribution in [0, 0.1) is 5.92 Å². The number of para-hydroxylation sites is 1. The van der Waals surface area contributed by atoms with Crippen LogP contribution in [0.5, 0.6) is 5.75 Å². The number of benzene rings is 1. The van der Waals surface area contributed by atoms with Crippen LogP contribution in [0.25, 0.3) is 10.9 Å². The molecule has 2 N–H and O–H groups in total. The number of hydrogen-bond donors (Lipinski definition) is 1. The lowest BCUT2D eigenvalue weighted by Crippen LogP contribution is -2.31. The standard InChI is InChI=1S/C14H18N2O/c1-10(2)14(8-15)17-12-7-11-5-3-4-6-13(11)16-9-12/h3-7,9-10,14H,8,15H2,1-2H3. The molecule has 3 heteroatoms. The van der Waals surface area contributed by atoms with E-state index in [-0.39, 0.29) is 6.10 Å². The monoisotopic (exact) mass is 230 g/mol. The maximum absolute atomic E-state index is 5.85. The van der Waals surface area contributed by atoms with Crippen molar-refractivity contribution in [2.45, 2.75) is 20.0 Å². The van der Waals surface area contributed by atoms with Gasteiger partial charge in [0.1, 0.15) is 11.9 Å². The fourth-order valence-electron chi connectivity index (χ4n) is 1.75. The molecule has 0 saturated heterocycles. The molecule has 17 heavy (non-hydrogen) atoms. The van der Waals surface area contributed by atoms with Gasteiger partial charge in [-0.25, -0.2) is 0 Å². The minimum absolute atomic E-state index is 0.0398. The van der Waals surface area contributed by atoms with Crippen LogP contribution in [-0.4, -0.2) is 17.6 Å². The fraction of sp³-hybridized carbons (Fsp3) is 0.357. The molecule has 0 amide bonds. The Labute approximate surface area is 102 Å². The molecule has 0 aliphatic rings. The highest BCUT2D eigenvalue weighted by Gasteiger charge is 2.13. The number of hydrogen-bond acceptors (Lipinski definition) is 3. The van der Waals surface area contributed by atoms with Crippen LogP contribution in [-0.2, 0) is 0 Å². The lowest BCUT2D eigenvalue weighted by molar-refractivity contribution is 0.159. The Morgan fingerprint density at radius 3 is 2.76 bits per heavy atom. The van der Waals surface area contributed by atoms with E-state index in [4.69, 9.17) is 10.5 Å². The smallest absolute Gasteiger partial charge is 0.138 e. The van der Waals surface area contributed by atoms with Crippen molar-refractivity contribution in [1.29, 1.82) is 0 Å². The second-order valence-electron chi connectivity index (χ2n) is 4.50. The van der Waals surface area contributed by atoms with Crippen molar-refractivity contribution in [2.24, 2.45) is 11.7 Å². The highest BCUT2D eigenvalue weighted by atomic mass is 16.5. The topological polar surface area (TPSA) is 48.1 Å². The summed E-state index contributed by atoms with van der Waals surface area (Å²) in [4.78, 5) is 4.36. The number of pyridine rings is 1. The molecular weight excluding hydrogens is 212 g/mol. The van der Waals surface area contributed by atoms with Gasteiger partial charge in [-0.3, -0.25) is 4.98 Å². The van der Waals surface area contributed by atoms with Crippen molar-refractivity contribution in [1.82, 2.24) is 4.98 Å². The van der Waals surface area contributed by atoms with Crippen molar-refractivity contribution in [3.8, 4) is 5.75 Å². The van der Waals surface area contributed by atoms with Crippen LogP contribution in [0.3, 0.4) is 0 Å². The van der Waals surface area contributed by atoms with E-state index in [9.17, 15) is 0 Å². The molecule has 1 atom stereocenters.